The van der Waals surface area contributed by atoms with Gasteiger partial charge in [-0.25, -0.2) is 4.79 Å². The highest BCUT2D eigenvalue weighted by Gasteiger charge is 2.54. The summed E-state index contributed by atoms with van der Waals surface area (Å²) in [6, 6.07) is 16.4. The van der Waals surface area contributed by atoms with Crippen LogP contribution in [0.5, 0.6) is 11.5 Å². The predicted octanol–water partition coefficient (Wildman–Crippen LogP) is 10.3. The molecule has 5 saturated carbocycles. The molecular weight excluding hydrogens is 746 g/mol. The van der Waals surface area contributed by atoms with Gasteiger partial charge in [-0.05, 0) is 191 Å². The van der Waals surface area contributed by atoms with Gasteiger partial charge in [-0.1, -0.05) is 37.6 Å². The number of hydrogen-bond donors (Lipinski definition) is 3. The van der Waals surface area contributed by atoms with Crippen molar-refractivity contribution in [1.29, 1.82) is 0 Å². The zero-order chi connectivity index (χ0) is 40.0. The molecule has 3 N–H and O–H groups in total. The van der Waals surface area contributed by atoms with Crippen molar-refractivity contribution in [3.05, 3.63) is 82.1 Å². The first-order chi connectivity index (χ1) is 28.1. The van der Waals surface area contributed by atoms with E-state index in [9.17, 15) is 14.7 Å². The van der Waals surface area contributed by atoms with E-state index in [1.54, 1.807) is 0 Å². The highest BCUT2D eigenvalue weighted by molar-refractivity contribution is 6.30. The third-order valence-corrected chi connectivity index (χ3v) is 15.9. The average molecular weight is 809 g/mol. The monoisotopic (exact) mass is 807 g/mol. The number of carbonyl (C=O) groups is 2. The second-order valence-corrected chi connectivity index (χ2v) is 19.9. The lowest BCUT2D eigenvalue weighted by atomic mass is 9.54. The minimum atomic E-state index is -1.08. The van der Waals surface area contributed by atoms with Crippen LogP contribution in [0.25, 0.3) is 0 Å². The van der Waals surface area contributed by atoms with Gasteiger partial charge < -0.3 is 25.2 Å². The number of nitrogens with zero attached hydrogens (tertiary/aromatic N) is 1. The molecule has 3 aromatic rings. The second-order valence-electron chi connectivity index (χ2n) is 19.5. The van der Waals surface area contributed by atoms with Crippen LogP contribution in [-0.4, -0.2) is 46.8 Å². The number of carbonyl (C=O) groups excluding carboxylic acids is 1. The number of anilines is 1. The van der Waals surface area contributed by atoms with Crippen LogP contribution in [0.15, 0.2) is 54.7 Å². The standard InChI is InChI=1S/C49H62ClN3O5/c1-30(29-58-43-13-18-51-42-9-3-6-31(2)45(42)43)20-37-26-34-11-12-40(57-19-5-10-44(54)52-46-35-22-32-21-33(24-35)25-36(46)23-32)28-41(34)48(37)14-16-49(17-15-48,47(55)56)53-39-8-4-7-38(50)27-39/h4,7-8,11-13,18,27-28,30-33,35-37,46,53H,3,5-6,9-10,14-17,19-26,29H2,1-2H3,(H,52,54)(H,55,56)/t30-,31-,32?,33?,35?,36?,37?,46?,48?,49?/m1/s1. The molecule has 1 spiro atoms. The molecule has 7 aliphatic rings. The van der Waals surface area contributed by atoms with Crippen molar-refractivity contribution in [2.24, 2.45) is 35.5 Å². The van der Waals surface area contributed by atoms with Crippen molar-refractivity contribution in [1.82, 2.24) is 10.3 Å². The lowest BCUT2D eigenvalue weighted by Crippen LogP contribution is -2.55. The van der Waals surface area contributed by atoms with Gasteiger partial charge in [-0.15, -0.1) is 0 Å². The maximum atomic E-state index is 13.1. The first-order valence-electron chi connectivity index (χ1n) is 22.5. The molecule has 4 bridgehead atoms. The van der Waals surface area contributed by atoms with Crippen molar-refractivity contribution < 1.29 is 24.2 Å². The number of hydrogen-bond acceptors (Lipinski definition) is 6. The minimum Gasteiger partial charge on any atom is -0.494 e. The number of aliphatic carboxylic acids is 1. The molecule has 10 rings (SSSR count). The van der Waals surface area contributed by atoms with Gasteiger partial charge in [-0.3, -0.25) is 9.78 Å². The highest BCUT2D eigenvalue weighted by Crippen LogP contribution is 2.57. The first-order valence-corrected chi connectivity index (χ1v) is 22.9. The SMILES string of the molecule is C[C@@H](COc1ccnc2c1[C@H](C)CCC2)CC1Cc2ccc(OCCCC(=O)NC3C4CC5CC(C4)CC3C5)cc2C12CCC(Nc1cccc(Cl)c1)(C(=O)O)CC2. The lowest BCUT2D eigenvalue weighted by Gasteiger charge is -2.54. The van der Waals surface area contributed by atoms with E-state index in [1.165, 1.54) is 67.3 Å². The van der Waals surface area contributed by atoms with Gasteiger partial charge in [0.25, 0.3) is 0 Å². The molecule has 2 aromatic carbocycles. The van der Waals surface area contributed by atoms with E-state index < -0.39 is 11.5 Å². The number of halogens is 1. The Morgan fingerprint density at radius 3 is 2.50 bits per heavy atom. The fourth-order valence-electron chi connectivity index (χ4n) is 13.0. The summed E-state index contributed by atoms with van der Waals surface area (Å²) < 4.78 is 13.0. The molecule has 58 heavy (non-hydrogen) atoms. The molecule has 1 unspecified atom stereocenters. The van der Waals surface area contributed by atoms with Gasteiger partial charge in [0.05, 0.1) is 13.2 Å². The summed E-state index contributed by atoms with van der Waals surface area (Å²) in [4.78, 5) is 30.9. The number of ether oxygens (including phenoxy) is 2. The Balaban J connectivity index is 0.880. The Morgan fingerprint density at radius 2 is 1.76 bits per heavy atom. The summed E-state index contributed by atoms with van der Waals surface area (Å²) in [6.07, 6.45) is 17.5. The van der Waals surface area contributed by atoms with Crippen molar-refractivity contribution in [3.8, 4) is 11.5 Å². The Hall–Kier alpha value is -3.78. The lowest BCUT2D eigenvalue weighted by molar-refractivity contribution is -0.144. The molecule has 7 aliphatic carbocycles. The summed E-state index contributed by atoms with van der Waals surface area (Å²) in [5.41, 5.74) is 4.58. The summed E-state index contributed by atoms with van der Waals surface area (Å²) in [5, 5.41) is 18.2. The fraction of sp³-hybridized carbons (Fsp3) is 0.612. The molecule has 3 atom stereocenters. The summed E-state index contributed by atoms with van der Waals surface area (Å²) >= 11 is 6.32. The van der Waals surface area contributed by atoms with Crippen molar-refractivity contribution >= 4 is 29.2 Å². The van der Waals surface area contributed by atoms with Gasteiger partial charge in [0.1, 0.15) is 17.0 Å². The smallest absolute Gasteiger partial charge is 0.329 e. The summed E-state index contributed by atoms with van der Waals surface area (Å²) in [5.74, 6) is 5.41. The number of aromatic nitrogens is 1. The van der Waals surface area contributed by atoms with Crippen molar-refractivity contribution in [2.75, 3.05) is 18.5 Å². The molecule has 9 heteroatoms. The molecular formula is C49H62ClN3O5. The number of benzene rings is 2. The van der Waals surface area contributed by atoms with Crippen LogP contribution in [0.2, 0.25) is 5.02 Å². The van der Waals surface area contributed by atoms with Gasteiger partial charge in [0.15, 0.2) is 0 Å². The fourth-order valence-corrected chi connectivity index (χ4v) is 13.2. The maximum Gasteiger partial charge on any atom is 0.329 e. The second kappa shape index (κ2) is 16.3. The number of amides is 1. The normalized spacial score (nSPS) is 32.3. The molecule has 0 radical (unpaired) electrons. The number of fused-ring (bicyclic) bond motifs is 3. The number of carboxylic acid groups (broad SMARTS) is 1. The van der Waals surface area contributed by atoms with Crippen LogP contribution in [0.3, 0.4) is 0 Å². The van der Waals surface area contributed by atoms with Gasteiger partial charge in [-0.2, -0.15) is 0 Å². The maximum absolute atomic E-state index is 13.1. The molecule has 1 amide bonds. The topological polar surface area (TPSA) is 110 Å². The Bertz CT molecular complexity index is 1960. The van der Waals surface area contributed by atoms with Crippen LogP contribution < -0.4 is 20.1 Å². The van der Waals surface area contributed by atoms with Crippen LogP contribution in [-0.2, 0) is 27.8 Å². The Morgan fingerprint density at radius 1 is 0.983 bits per heavy atom. The van der Waals surface area contributed by atoms with E-state index in [0.717, 1.165) is 61.1 Å². The van der Waals surface area contributed by atoms with Crippen molar-refractivity contribution in [3.63, 3.8) is 0 Å². The van der Waals surface area contributed by atoms with E-state index in [0.29, 0.717) is 79.6 Å². The van der Waals surface area contributed by atoms with Gasteiger partial charge >= 0.3 is 5.97 Å². The number of rotatable bonds is 14. The van der Waals surface area contributed by atoms with E-state index >= 15 is 0 Å². The van der Waals surface area contributed by atoms with Crippen molar-refractivity contribution in [2.45, 2.75) is 139 Å². The quantitative estimate of drug-likeness (QED) is 0.139. The average Bonchev–Trinajstić information content (AvgIpc) is 3.48. The number of nitrogens with one attached hydrogen (secondary N) is 2. The molecule has 0 aliphatic heterocycles. The van der Waals surface area contributed by atoms with E-state index in [2.05, 4.69) is 47.7 Å². The Kier molecular flexibility index (Phi) is 11.2. The number of aryl methyl sites for hydroxylation is 1. The largest absolute Gasteiger partial charge is 0.494 e. The molecule has 1 heterocycles. The summed E-state index contributed by atoms with van der Waals surface area (Å²) in [7, 11) is 0. The number of carboxylic acids is 1. The molecule has 5 fully saturated rings. The third-order valence-electron chi connectivity index (χ3n) is 15.6. The van der Waals surface area contributed by atoms with Crippen LogP contribution in [0.1, 0.15) is 132 Å². The summed E-state index contributed by atoms with van der Waals surface area (Å²) in [6.45, 7) is 5.70. The molecule has 1 aromatic heterocycles. The molecule has 310 valence electrons. The van der Waals surface area contributed by atoms with E-state index in [-0.39, 0.29) is 11.3 Å². The molecule has 8 nitrogen and oxygen atoms in total. The van der Waals surface area contributed by atoms with Gasteiger partial charge in [0, 0.05) is 40.6 Å². The van der Waals surface area contributed by atoms with Gasteiger partial charge in [0.2, 0.25) is 5.91 Å². The zero-order valence-electron chi connectivity index (χ0n) is 34.4. The Labute approximate surface area is 349 Å². The first kappa shape index (κ1) is 39.7. The zero-order valence-corrected chi connectivity index (χ0v) is 35.2. The van der Waals surface area contributed by atoms with Crippen LogP contribution in [0, 0.1) is 35.5 Å². The number of pyridine rings is 1. The van der Waals surface area contributed by atoms with Crippen LogP contribution in [0.4, 0.5) is 5.69 Å². The van der Waals surface area contributed by atoms with E-state index in [1.807, 2.05) is 36.5 Å². The van der Waals surface area contributed by atoms with E-state index in [4.69, 9.17) is 21.1 Å². The predicted molar refractivity (Wildman–Crippen MR) is 228 cm³/mol. The molecule has 0 saturated heterocycles. The van der Waals surface area contributed by atoms with Crippen LogP contribution >= 0.6 is 11.6 Å². The third kappa shape index (κ3) is 7.84. The highest BCUT2D eigenvalue weighted by atomic mass is 35.5. The minimum absolute atomic E-state index is 0.170.